The molecule has 0 aliphatic carbocycles. The predicted octanol–water partition coefficient (Wildman–Crippen LogP) is 2.79. The molecular formula is C17H14F5N3O. The summed E-state index contributed by atoms with van der Waals surface area (Å²) in [7, 11) is 0. The molecule has 0 saturated carbocycles. The second kappa shape index (κ2) is 8.52. The van der Waals surface area contributed by atoms with Gasteiger partial charge in [0.25, 0.3) is 0 Å². The number of nitrogens with zero attached hydrogens (tertiary/aromatic N) is 1. The van der Waals surface area contributed by atoms with Gasteiger partial charge in [0.15, 0.2) is 23.3 Å². The van der Waals surface area contributed by atoms with Gasteiger partial charge in [-0.25, -0.2) is 27.4 Å². The SMILES string of the molecule is NC(CC(=O)N/N=C/c1ccc(F)c(F)c1)Cc1cc(F)c(F)cc1F. The Morgan fingerprint density at radius 3 is 2.35 bits per heavy atom. The molecule has 2 aromatic carbocycles. The maximum absolute atomic E-state index is 13.5. The Kier molecular flexibility index (Phi) is 6.40. The molecule has 1 atom stereocenters. The minimum Gasteiger partial charge on any atom is -0.327 e. The first-order valence-electron chi connectivity index (χ1n) is 7.42. The Labute approximate surface area is 145 Å². The van der Waals surface area contributed by atoms with E-state index in [1.807, 2.05) is 0 Å². The molecule has 0 aromatic heterocycles. The standard InChI is InChI=1S/C17H14F5N3O/c18-12-2-1-9(3-14(12)20)8-24-25-17(26)6-11(23)4-10-5-15(21)16(22)7-13(10)19/h1-3,5,7-8,11H,4,6,23H2,(H,25,26)/b24-8+. The van der Waals surface area contributed by atoms with E-state index in [1.54, 1.807) is 0 Å². The maximum atomic E-state index is 13.5. The number of nitrogens with one attached hydrogen (secondary N) is 1. The summed E-state index contributed by atoms with van der Waals surface area (Å²) >= 11 is 0. The van der Waals surface area contributed by atoms with Crippen molar-refractivity contribution in [2.75, 3.05) is 0 Å². The number of hydrogen-bond donors (Lipinski definition) is 2. The van der Waals surface area contributed by atoms with Crippen molar-refractivity contribution in [3.8, 4) is 0 Å². The van der Waals surface area contributed by atoms with Crippen LogP contribution < -0.4 is 11.2 Å². The monoisotopic (exact) mass is 371 g/mol. The quantitative estimate of drug-likeness (QED) is 0.355. The molecule has 26 heavy (non-hydrogen) atoms. The molecule has 2 rings (SSSR count). The number of carbonyl (C=O) groups excluding carboxylic acids is 1. The van der Waals surface area contributed by atoms with E-state index in [-0.39, 0.29) is 24.0 Å². The third kappa shape index (κ3) is 5.35. The van der Waals surface area contributed by atoms with Crippen molar-refractivity contribution in [1.82, 2.24) is 5.43 Å². The van der Waals surface area contributed by atoms with Crippen LogP contribution in [-0.2, 0) is 11.2 Å². The number of nitrogens with two attached hydrogens (primary N) is 1. The van der Waals surface area contributed by atoms with Crippen LogP contribution in [0.3, 0.4) is 0 Å². The number of benzene rings is 2. The molecule has 1 unspecified atom stereocenters. The van der Waals surface area contributed by atoms with Gasteiger partial charge in [-0.3, -0.25) is 4.79 Å². The first kappa shape index (κ1) is 19.5. The second-order valence-electron chi connectivity index (χ2n) is 5.49. The predicted molar refractivity (Wildman–Crippen MR) is 84.7 cm³/mol. The van der Waals surface area contributed by atoms with E-state index in [1.165, 1.54) is 6.07 Å². The summed E-state index contributed by atoms with van der Waals surface area (Å²) in [5, 5.41) is 3.56. The van der Waals surface area contributed by atoms with E-state index in [0.717, 1.165) is 18.3 Å². The lowest BCUT2D eigenvalue weighted by Crippen LogP contribution is -2.31. The third-order valence-corrected chi connectivity index (χ3v) is 3.37. The third-order valence-electron chi connectivity index (χ3n) is 3.37. The molecule has 0 aliphatic heterocycles. The van der Waals surface area contributed by atoms with E-state index >= 15 is 0 Å². The molecule has 0 bridgehead atoms. The van der Waals surface area contributed by atoms with Crippen LogP contribution in [0.25, 0.3) is 0 Å². The van der Waals surface area contributed by atoms with Gasteiger partial charge in [-0.15, -0.1) is 0 Å². The highest BCUT2D eigenvalue weighted by Crippen LogP contribution is 2.15. The Morgan fingerprint density at radius 2 is 1.65 bits per heavy atom. The number of carbonyl (C=O) groups is 1. The number of rotatable bonds is 6. The van der Waals surface area contributed by atoms with E-state index in [9.17, 15) is 26.7 Å². The Hall–Kier alpha value is -2.81. The molecule has 0 radical (unpaired) electrons. The van der Waals surface area contributed by atoms with Crippen molar-refractivity contribution in [3.05, 3.63) is 70.5 Å². The highest BCUT2D eigenvalue weighted by molar-refractivity contribution is 5.82. The Morgan fingerprint density at radius 1 is 1.00 bits per heavy atom. The van der Waals surface area contributed by atoms with Gasteiger partial charge in [0.1, 0.15) is 5.82 Å². The molecule has 9 heteroatoms. The van der Waals surface area contributed by atoms with Gasteiger partial charge in [0, 0.05) is 18.5 Å². The van der Waals surface area contributed by atoms with Gasteiger partial charge in [0.05, 0.1) is 6.21 Å². The molecular weight excluding hydrogens is 357 g/mol. The molecule has 138 valence electrons. The average molecular weight is 371 g/mol. The molecule has 0 fully saturated rings. The van der Waals surface area contributed by atoms with E-state index < -0.39 is 41.0 Å². The first-order chi connectivity index (χ1) is 12.3. The summed E-state index contributed by atoms with van der Waals surface area (Å²) in [6, 6.07) is 3.28. The van der Waals surface area contributed by atoms with Crippen LogP contribution >= 0.6 is 0 Å². The summed E-state index contributed by atoms with van der Waals surface area (Å²) in [6.45, 7) is 0. The summed E-state index contributed by atoms with van der Waals surface area (Å²) in [6.07, 6.45) is 0.637. The number of amides is 1. The lowest BCUT2D eigenvalue weighted by atomic mass is 10.0. The van der Waals surface area contributed by atoms with Gasteiger partial charge in [-0.1, -0.05) is 6.07 Å². The van der Waals surface area contributed by atoms with E-state index in [2.05, 4.69) is 10.5 Å². The number of hydrazone groups is 1. The summed E-state index contributed by atoms with van der Waals surface area (Å²) in [5.41, 5.74) is 7.88. The largest absolute Gasteiger partial charge is 0.327 e. The van der Waals surface area contributed by atoms with Crippen molar-refractivity contribution < 1.29 is 26.7 Å². The molecule has 2 aromatic rings. The smallest absolute Gasteiger partial charge is 0.241 e. The molecule has 0 heterocycles. The zero-order valence-electron chi connectivity index (χ0n) is 13.3. The van der Waals surface area contributed by atoms with Crippen LogP contribution in [0.15, 0.2) is 35.4 Å². The topological polar surface area (TPSA) is 67.5 Å². The Balaban J connectivity index is 1.88. The summed E-state index contributed by atoms with van der Waals surface area (Å²) in [5.74, 6) is -6.19. The molecule has 1 amide bonds. The first-order valence-corrected chi connectivity index (χ1v) is 7.42. The average Bonchev–Trinajstić information content (AvgIpc) is 2.56. The van der Waals surface area contributed by atoms with Crippen molar-refractivity contribution in [2.45, 2.75) is 18.9 Å². The molecule has 0 saturated heterocycles. The highest BCUT2D eigenvalue weighted by Gasteiger charge is 2.15. The zero-order chi connectivity index (χ0) is 19.3. The van der Waals surface area contributed by atoms with Crippen molar-refractivity contribution >= 4 is 12.1 Å². The molecule has 0 aliphatic rings. The minimum atomic E-state index is -1.32. The fourth-order valence-electron chi connectivity index (χ4n) is 2.13. The van der Waals surface area contributed by atoms with E-state index in [0.29, 0.717) is 12.1 Å². The Bertz CT molecular complexity index is 841. The van der Waals surface area contributed by atoms with Crippen LogP contribution in [0.2, 0.25) is 0 Å². The fourth-order valence-corrected chi connectivity index (χ4v) is 2.13. The van der Waals surface area contributed by atoms with Gasteiger partial charge in [0.2, 0.25) is 5.91 Å². The van der Waals surface area contributed by atoms with Gasteiger partial charge in [-0.05, 0) is 35.7 Å². The molecule has 0 spiro atoms. The number of hydrogen-bond acceptors (Lipinski definition) is 3. The molecule has 3 N–H and O–H groups in total. The van der Waals surface area contributed by atoms with Gasteiger partial charge >= 0.3 is 0 Å². The van der Waals surface area contributed by atoms with Gasteiger partial charge < -0.3 is 5.73 Å². The maximum Gasteiger partial charge on any atom is 0.241 e. The van der Waals surface area contributed by atoms with Crippen LogP contribution in [-0.4, -0.2) is 18.2 Å². The van der Waals surface area contributed by atoms with Crippen LogP contribution in [0.1, 0.15) is 17.5 Å². The molecule has 4 nitrogen and oxygen atoms in total. The fraction of sp³-hybridized carbons (Fsp3) is 0.176. The van der Waals surface area contributed by atoms with Crippen LogP contribution in [0.5, 0.6) is 0 Å². The minimum absolute atomic E-state index is 0.158. The normalized spacial score (nSPS) is 12.4. The van der Waals surface area contributed by atoms with Crippen molar-refractivity contribution in [1.29, 1.82) is 0 Å². The number of halogens is 5. The summed E-state index contributed by atoms with van der Waals surface area (Å²) < 4.78 is 65.3. The lowest BCUT2D eigenvalue weighted by molar-refractivity contribution is -0.121. The van der Waals surface area contributed by atoms with Crippen molar-refractivity contribution in [2.24, 2.45) is 10.8 Å². The summed E-state index contributed by atoms with van der Waals surface area (Å²) in [4.78, 5) is 11.7. The zero-order valence-corrected chi connectivity index (χ0v) is 13.3. The van der Waals surface area contributed by atoms with Gasteiger partial charge in [-0.2, -0.15) is 5.10 Å². The second-order valence-corrected chi connectivity index (χ2v) is 5.49. The lowest BCUT2D eigenvalue weighted by Gasteiger charge is -2.11. The van der Waals surface area contributed by atoms with Crippen LogP contribution in [0.4, 0.5) is 22.0 Å². The van der Waals surface area contributed by atoms with E-state index in [4.69, 9.17) is 5.73 Å². The van der Waals surface area contributed by atoms with Crippen molar-refractivity contribution in [3.63, 3.8) is 0 Å². The highest BCUT2D eigenvalue weighted by atomic mass is 19.2. The van der Waals surface area contributed by atoms with Crippen LogP contribution in [0, 0.1) is 29.1 Å².